The maximum Gasteiger partial charge on any atom is 0.317 e. The van der Waals surface area contributed by atoms with Crippen LogP contribution in [0, 0.1) is 0 Å². The molecular weight excluding hydrogens is 298 g/mol. The first kappa shape index (κ1) is 16.4. The molecule has 2 amide bonds. The van der Waals surface area contributed by atoms with Gasteiger partial charge in [0.05, 0.1) is 0 Å². The van der Waals surface area contributed by atoms with E-state index >= 15 is 0 Å². The van der Waals surface area contributed by atoms with Crippen molar-refractivity contribution in [1.29, 1.82) is 0 Å². The number of hydrogen-bond acceptors (Lipinski definition) is 2. The fourth-order valence-corrected chi connectivity index (χ4v) is 3.15. The molecule has 2 aromatic carbocycles. The van der Waals surface area contributed by atoms with Gasteiger partial charge in [-0.2, -0.15) is 0 Å². The van der Waals surface area contributed by atoms with Crippen molar-refractivity contribution < 1.29 is 4.79 Å². The summed E-state index contributed by atoms with van der Waals surface area (Å²) in [6, 6.07) is 18.3. The smallest absolute Gasteiger partial charge is 0.317 e. The van der Waals surface area contributed by atoms with E-state index in [-0.39, 0.29) is 6.03 Å². The second kappa shape index (κ2) is 7.86. The average molecular weight is 323 g/mol. The Balaban J connectivity index is 1.60. The van der Waals surface area contributed by atoms with E-state index in [0.29, 0.717) is 13.1 Å². The van der Waals surface area contributed by atoms with Crippen molar-refractivity contribution in [3.05, 3.63) is 65.7 Å². The van der Waals surface area contributed by atoms with Gasteiger partial charge < -0.3 is 15.1 Å². The van der Waals surface area contributed by atoms with Gasteiger partial charge >= 0.3 is 6.03 Å². The van der Waals surface area contributed by atoms with Crippen LogP contribution in [-0.4, -0.2) is 31.1 Å². The molecule has 1 heterocycles. The third-order valence-corrected chi connectivity index (χ3v) is 4.48. The Morgan fingerprint density at radius 2 is 1.71 bits per heavy atom. The number of hydrogen-bond donors (Lipinski definition) is 1. The van der Waals surface area contributed by atoms with Crippen LogP contribution in [0.15, 0.2) is 54.6 Å². The summed E-state index contributed by atoms with van der Waals surface area (Å²) in [7, 11) is 1.85. The first-order valence-electron chi connectivity index (χ1n) is 8.60. The van der Waals surface area contributed by atoms with E-state index in [9.17, 15) is 4.79 Å². The molecule has 4 heteroatoms. The molecule has 0 bridgehead atoms. The van der Waals surface area contributed by atoms with Gasteiger partial charge in [-0.3, -0.25) is 0 Å². The minimum absolute atomic E-state index is 0.0462. The molecule has 0 radical (unpaired) electrons. The number of rotatable bonds is 5. The standard InChI is InChI=1S/C20H25N3O/c1-22(20(24)21-15-17-9-3-2-4-10-17)16-18-11-5-6-12-19(18)23-13-7-8-14-23/h2-6,9-12H,7-8,13-16H2,1H3,(H,21,24). The number of benzene rings is 2. The minimum atomic E-state index is -0.0462. The summed E-state index contributed by atoms with van der Waals surface area (Å²) < 4.78 is 0. The van der Waals surface area contributed by atoms with Gasteiger partial charge in [0.15, 0.2) is 0 Å². The summed E-state index contributed by atoms with van der Waals surface area (Å²) in [5.41, 5.74) is 3.58. The van der Waals surface area contributed by atoms with Crippen LogP contribution < -0.4 is 10.2 Å². The maximum atomic E-state index is 12.4. The van der Waals surface area contributed by atoms with E-state index in [2.05, 4.69) is 28.4 Å². The summed E-state index contributed by atoms with van der Waals surface area (Å²) in [6.07, 6.45) is 2.50. The molecule has 1 aliphatic heterocycles. The Labute approximate surface area is 144 Å². The zero-order valence-electron chi connectivity index (χ0n) is 14.2. The van der Waals surface area contributed by atoms with Gasteiger partial charge in [0, 0.05) is 38.9 Å². The fraction of sp³-hybridized carbons (Fsp3) is 0.350. The summed E-state index contributed by atoms with van der Waals surface area (Å²) in [5, 5.41) is 2.98. The van der Waals surface area contributed by atoms with Crippen LogP contribution in [0.25, 0.3) is 0 Å². The van der Waals surface area contributed by atoms with Gasteiger partial charge in [0.1, 0.15) is 0 Å². The van der Waals surface area contributed by atoms with Crippen molar-refractivity contribution >= 4 is 11.7 Å². The van der Waals surface area contributed by atoms with E-state index in [4.69, 9.17) is 0 Å². The largest absolute Gasteiger partial charge is 0.371 e. The zero-order valence-corrected chi connectivity index (χ0v) is 14.2. The summed E-state index contributed by atoms with van der Waals surface area (Å²) in [5.74, 6) is 0. The normalized spacial score (nSPS) is 13.8. The topological polar surface area (TPSA) is 35.6 Å². The maximum absolute atomic E-state index is 12.4. The minimum Gasteiger partial charge on any atom is -0.371 e. The highest BCUT2D eigenvalue weighted by Gasteiger charge is 2.17. The van der Waals surface area contributed by atoms with Crippen molar-refractivity contribution in [3.8, 4) is 0 Å². The van der Waals surface area contributed by atoms with Gasteiger partial charge in [-0.05, 0) is 30.0 Å². The van der Waals surface area contributed by atoms with E-state index in [1.165, 1.54) is 24.1 Å². The Hall–Kier alpha value is -2.49. The highest BCUT2D eigenvalue weighted by molar-refractivity contribution is 5.74. The van der Waals surface area contributed by atoms with Crippen LogP contribution >= 0.6 is 0 Å². The lowest BCUT2D eigenvalue weighted by Gasteiger charge is -2.24. The lowest BCUT2D eigenvalue weighted by molar-refractivity contribution is 0.206. The molecule has 0 spiro atoms. The third-order valence-electron chi connectivity index (χ3n) is 4.48. The highest BCUT2D eigenvalue weighted by Crippen LogP contribution is 2.25. The van der Waals surface area contributed by atoms with Crippen LogP contribution in [-0.2, 0) is 13.1 Å². The van der Waals surface area contributed by atoms with E-state index in [1.807, 2.05) is 43.4 Å². The molecule has 1 fully saturated rings. The Morgan fingerprint density at radius 1 is 1.04 bits per heavy atom. The number of nitrogens with zero attached hydrogens (tertiary/aromatic N) is 2. The Morgan fingerprint density at radius 3 is 2.46 bits per heavy atom. The second-order valence-electron chi connectivity index (χ2n) is 6.32. The number of carbonyl (C=O) groups is 1. The second-order valence-corrected chi connectivity index (χ2v) is 6.32. The molecule has 0 unspecified atom stereocenters. The molecule has 1 aliphatic rings. The van der Waals surface area contributed by atoms with Crippen molar-refractivity contribution in [1.82, 2.24) is 10.2 Å². The number of para-hydroxylation sites is 1. The van der Waals surface area contributed by atoms with Crippen LogP contribution in [0.1, 0.15) is 24.0 Å². The molecule has 1 saturated heterocycles. The third kappa shape index (κ3) is 4.07. The van der Waals surface area contributed by atoms with Crippen LogP contribution in [0.4, 0.5) is 10.5 Å². The molecule has 0 aromatic heterocycles. The van der Waals surface area contributed by atoms with Gasteiger partial charge in [-0.25, -0.2) is 4.79 Å². The Kier molecular flexibility index (Phi) is 5.36. The molecule has 2 aromatic rings. The van der Waals surface area contributed by atoms with Crippen LogP contribution in [0.2, 0.25) is 0 Å². The van der Waals surface area contributed by atoms with Crippen molar-refractivity contribution in [2.75, 3.05) is 25.0 Å². The number of amides is 2. The van der Waals surface area contributed by atoms with Gasteiger partial charge in [0.2, 0.25) is 0 Å². The van der Waals surface area contributed by atoms with Gasteiger partial charge in [0.25, 0.3) is 0 Å². The SMILES string of the molecule is CN(Cc1ccccc1N1CCCC1)C(=O)NCc1ccccc1. The Bertz CT molecular complexity index is 666. The van der Waals surface area contributed by atoms with E-state index in [0.717, 1.165) is 18.7 Å². The summed E-state index contributed by atoms with van der Waals surface area (Å²) in [6.45, 7) is 3.40. The summed E-state index contributed by atoms with van der Waals surface area (Å²) in [4.78, 5) is 16.5. The number of carbonyl (C=O) groups excluding carboxylic acids is 1. The number of urea groups is 1. The van der Waals surface area contributed by atoms with Crippen molar-refractivity contribution in [3.63, 3.8) is 0 Å². The van der Waals surface area contributed by atoms with Gasteiger partial charge in [-0.15, -0.1) is 0 Å². The summed E-state index contributed by atoms with van der Waals surface area (Å²) >= 11 is 0. The van der Waals surface area contributed by atoms with Crippen LogP contribution in [0.3, 0.4) is 0 Å². The average Bonchev–Trinajstić information content (AvgIpc) is 3.15. The van der Waals surface area contributed by atoms with E-state index < -0.39 is 0 Å². The van der Waals surface area contributed by atoms with Crippen molar-refractivity contribution in [2.45, 2.75) is 25.9 Å². The first-order chi connectivity index (χ1) is 11.7. The molecule has 0 aliphatic carbocycles. The molecule has 4 nitrogen and oxygen atoms in total. The first-order valence-corrected chi connectivity index (χ1v) is 8.60. The molecule has 3 rings (SSSR count). The molecule has 0 saturated carbocycles. The fourth-order valence-electron chi connectivity index (χ4n) is 3.15. The zero-order chi connectivity index (χ0) is 16.8. The molecule has 126 valence electrons. The molecule has 24 heavy (non-hydrogen) atoms. The molecular formula is C20H25N3O. The lowest BCUT2D eigenvalue weighted by Crippen LogP contribution is -2.36. The highest BCUT2D eigenvalue weighted by atomic mass is 16.2. The lowest BCUT2D eigenvalue weighted by atomic mass is 10.1. The number of anilines is 1. The van der Waals surface area contributed by atoms with Gasteiger partial charge in [-0.1, -0.05) is 48.5 Å². The monoisotopic (exact) mass is 323 g/mol. The predicted molar refractivity (Wildman–Crippen MR) is 98.0 cm³/mol. The predicted octanol–water partition coefficient (Wildman–Crippen LogP) is 3.63. The van der Waals surface area contributed by atoms with E-state index in [1.54, 1.807) is 4.90 Å². The van der Waals surface area contributed by atoms with Crippen LogP contribution in [0.5, 0.6) is 0 Å². The quantitative estimate of drug-likeness (QED) is 0.912. The van der Waals surface area contributed by atoms with Crippen molar-refractivity contribution in [2.24, 2.45) is 0 Å². The molecule has 0 atom stereocenters. The number of nitrogens with one attached hydrogen (secondary N) is 1. The molecule has 1 N–H and O–H groups in total.